The minimum Gasteiger partial charge on any atom is -0.489 e. The number of carbonyl (C=O) groups is 2. The van der Waals surface area contributed by atoms with Crippen LogP contribution in [-0.4, -0.2) is 53.0 Å². The monoisotopic (exact) mass is 312 g/mol. The van der Waals surface area contributed by atoms with E-state index in [1.807, 2.05) is 0 Å². The maximum absolute atomic E-state index is 12.1. The van der Waals surface area contributed by atoms with E-state index in [0.29, 0.717) is 24.5 Å². The summed E-state index contributed by atoms with van der Waals surface area (Å²) in [6.45, 7) is 0.856. The topological polar surface area (TPSA) is 95.9 Å². The van der Waals surface area contributed by atoms with Gasteiger partial charge in [0.25, 0.3) is 0 Å². The second-order valence-electron chi connectivity index (χ2n) is 4.47. The minimum absolute atomic E-state index is 0.0275. The van der Waals surface area contributed by atoms with Gasteiger partial charge in [0, 0.05) is 29.4 Å². The molecule has 0 fully saturated rings. The van der Waals surface area contributed by atoms with E-state index in [9.17, 15) is 13.8 Å². The Morgan fingerprint density at radius 3 is 2.90 bits per heavy atom. The average Bonchev–Trinajstić information content (AvgIpc) is 2.45. The number of amides is 2. The molecule has 1 aliphatic heterocycles. The fourth-order valence-electron chi connectivity index (χ4n) is 2.02. The summed E-state index contributed by atoms with van der Waals surface area (Å²) in [4.78, 5) is 24.7. The molecule has 1 aromatic rings. The summed E-state index contributed by atoms with van der Waals surface area (Å²) >= 11 is 0. The highest BCUT2D eigenvalue weighted by Crippen LogP contribution is 2.34. The number of rotatable bonds is 4. The number of carboxylic acid groups (broad SMARTS) is 1. The number of para-hydroxylation sites is 1. The van der Waals surface area contributed by atoms with Crippen molar-refractivity contribution < 1.29 is 23.6 Å². The Morgan fingerprint density at radius 1 is 1.48 bits per heavy atom. The van der Waals surface area contributed by atoms with Gasteiger partial charge >= 0.3 is 12.0 Å². The highest BCUT2D eigenvalue weighted by molar-refractivity contribution is 7.84. The number of anilines is 1. The number of hydrogen-bond donors (Lipinski definition) is 2. The summed E-state index contributed by atoms with van der Waals surface area (Å²) in [5, 5.41) is 11.8. The first-order chi connectivity index (χ1) is 10.0. The van der Waals surface area contributed by atoms with Crippen LogP contribution in [0.2, 0.25) is 0 Å². The Bertz CT molecular complexity index is 590. The molecule has 0 bridgehead atoms. The van der Waals surface area contributed by atoms with Gasteiger partial charge in [0.05, 0.1) is 12.2 Å². The predicted octanol–water partition coefficient (Wildman–Crippen LogP) is 0.672. The number of ether oxygens (including phenoxy) is 1. The smallest absolute Gasteiger partial charge is 0.339 e. The molecule has 0 saturated carbocycles. The van der Waals surface area contributed by atoms with Crippen LogP contribution in [0.3, 0.4) is 0 Å². The van der Waals surface area contributed by atoms with Gasteiger partial charge < -0.3 is 15.2 Å². The molecular weight excluding hydrogens is 296 g/mol. The molecule has 0 aromatic heterocycles. The Morgan fingerprint density at radius 2 is 2.24 bits per heavy atom. The summed E-state index contributed by atoms with van der Waals surface area (Å²) in [6.07, 6.45) is 1.56. The Balaban J connectivity index is 2.18. The zero-order chi connectivity index (χ0) is 15.4. The molecule has 1 aliphatic rings. The van der Waals surface area contributed by atoms with E-state index in [4.69, 9.17) is 9.84 Å². The normalized spacial score (nSPS) is 14.8. The van der Waals surface area contributed by atoms with Gasteiger partial charge in [-0.25, -0.2) is 9.59 Å². The zero-order valence-corrected chi connectivity index (χ0v) is 12.3. The van der Waals surface area contributed by atoms with E-state index in [-0.39, 0.29) is 24.0 Å². The van der Waals surface area contributed by atoms with Crippen molar-refractivity contribution in [3.8, 4) is 5.75 Å². The molecule has 0 saturated heterocycles. The Kier molecular flexibility index (Phi) is 4.79. The van der Waals surface area contributed by atoms with Crippen molar-refractivity contribution in [2.75, 3.05) is 36.6 Å². The molecule has 2 rings (SSSR count). The van der Waals surface area contributed by atoms with E-state index in [1.165, 1.54) is 11.0 Å². The SMILES string of the molecule is CS(=O)CCNC(=O)N1CCOc2c(C(=O)O)cccc21. The largest absolute Gasteiger partial charge is 0.489 e. The third-order valence-corrected chi connectivity index (χ3v) is 3.77. The quantitative estimate of drug-likeness (QED) is 0.852. The fraction of sp³-hybridized carbons (Fsp3) is 0.385. The molecule has 21 heavy (non-hydrogen) atoms. The number of carbonyl (C=O) groups excluding carboxylic acids is 1. The van der Waals surface area contributed by atoms with Gasteiger partial charge in [0.15, 0.2) is 5.75 Å². The number of benzene rings is 1. The van der Waals surface area contributed by atoms with Gasteiger partial charge in [-0.1, -0.05) is 6.07 Å². The number of hydrogen-bond acceptors (Lipinski definition) is 4. The first-order valence-electron chi connectivity index (χ1n) is 6.35. The predicted molar refractivity (Wildman–Crippen MR) is 78.6 cm³/mol. The summed E-state index contributed by atoms with van der Waals surface area (Å²) < 4.78 is 16.4. The van der Waals surface area contributed by atoms with Crippen LogP contribution in [0, 0.1) is 0 Å². The van der Waals surface area contributed by atoms with E-state index in [1.54, 1.807) is 18.4 Å². The third-order valence-electron chi connectivity index (χ3n) is 2.99. The van der Waals surface area contributed by atoms with Gasteiger partial charge in [0.1, 0.15) is 12.2 Å². The lowest BCUT2D eigenvalue weighted by Crippen LogP contribution is -2.45. The van der Waals surface area contributed by atoms with E-state index in [0.717, 1.165) is 0 Å². The molecule has 2 N–H and O–H groups in total. The number of aromatic carboxylic acids is 1. The van der Waals surface area contributed by atoms with E-state index < -0.39 is 16.8 Å². The summed E-state index contributed by atoms with van der Waals surface area (Å²) in [5.41, 5.74) is 0.455. The van der Waals surface area contributed by atoms with Crippen LogP contribution in [0.4, 0.5) is 10.5 Å². The van der Waals surface area contributed by atoms with Crippen molar-refractivity contribution in [3.05, 3.63) is 23.8 Å². The van der Waals surface area contributed by atoms with E-state index >= 15 is 0 Å². The minimum atomic E-state index is -1.10. The van der Waals surface area contributed by atoms with Gasteiger partial charge in [0.2, 0.25) is 0 Å². The van der Waals surface area contributed by atoms with Gasteiger partial charge in [-0.3, -0.25) is 9.11 Å². The summed E-state index contributed by atoms with van der Waals surface area (Å²) in [5.74, 6) is -0.529. The van der Waals surface area contributed by atoms with Crippen LogP contribution >= 0.6 is 0 Å². The molecule has 114 valence electrons. The number of fused-ring (bicyclic) bond motifs is 1. The van der Waals surface area contributed by atoms with Crippen LogP contribution in [0.25, 0.3) is 0 Å². The maximum Gasteiger partial charge on any atom is 0.339 e. The van der Waals surface area contributed by atoms with Crippen LogP contribution in [0.5, 0.6) is 5.75 Å². The van der Waals surface area contributed by atoms with Crippen molar-refractivity contribution in [1.82, 2.24) is 5.32 Å². The molecule has 0 radical (unpaired) electrons. The molecule has 1 heterocycles. The van der Waals surface area contributed by atoms with Crippen molar-refractivity contribution in [2.45, 2.75) is 0 Å². The number of urea groups is 1. The van der Waals surface area contributed by atoms with Crippen molar-refractivity contribution in [1.29, 1.82) is 0 Å². The second kappa shape index (κ2) is 6.57. The van der Waals surface area contributed by atoms with Crippen molar-refractivity contribution >= 4 is 28.5 Å². The Hall–Kier alpha value is -2.09. The standard InChI is InChI=1S/C13H16N2O5S/c1-21(19)8-5-14-13(18)15-6-7-20-11-9(12(16)17)3-2-4-10(11)15/h2-4H,5-8H2,1H3,(H,14,18)(H,16,17). The van der Waals surface area contributed by atoms with Crippen LogP contribution in [-0.2, 0) is 10.8 Å². The molecule has 1 unspecified atom stereocenters. The Labute approximate surface area is 124 Å². The van der Waals surface area contributed by atoms with Gasteiger partial charge in [-0.05, 0) is 12.1 Å². The van der Waals surface area contributed by atoms with E-state index in [2.05, 4.69) is 5.32 Å². The number of nitrogens with one attached hydrogen (secondary N) is 1. The molecular formula is C13H16N2O5S. The maximum atomic E-state index is 12.1. The number of nitrogens with zero attached hydrogens (tertiary/aromatic N) is 1. The lowest BCUT2D eigenvalue weighted by Gasteiger charge is -2.30. The highest BCUT2D eigenvalue weighted by Gasteiger charge is 2.27. The highest BCUT2D eigenvalue weighted by atomic mass is 32.2. The first-order valence-corrected chi connectivity index (χ1v) is 8.08. The average molecular weight is 312 g/mol. The second-order valence-corrected chi connectivity index (χ2v) is 6.02. The molecule has 7 nitrogen and oxygen atoms in total. The van der Waals surface area contributed by atoms with Crippen molar-refractivity contribution in [3.63, 3.8) is 0 Å². The van der Waals surface area contributed by atoms with Crippen LogP contribution in [0.15, 0.2) is 18.2 Å². The lowest BCUT2D eigenvalue weighted by atomic mass is 10.1. The number of carboxylic acids is 1. The van der Waals surface area contributed by atoms with Crippen molar-refractivity contribution in [2.24, 2.45) is 0 Å². The molecule has 1 atom stereocenters. The van der Waals surface area contributed by atoms with Gasteiger partial charge in [-0.2, -0.15) is 0 Å². The molecule has 2 amide bonds. The van der Waals surface area contributed by atoms with Crippen LogP contribution in [0.1, 0.15) is 10.4 Å². The van der Waals surface area contributed by atoms with Crippen LogP contribution < -0.4 is 15.0 Å². The fourth-order valence-corrected chi connectivity index (χ4v) is 2.41. The first kappa shape index (κ1) is 15.3. The summed E-state index contributed by atoms with van der Waals surface area (Å²) in [7, 11) is -0.978. The molecule has 8 heteroatoms. The third kappa shape index (κ3) is 3.52. The summed E-state index contributed by atoms with van der Waals surface area (Å²) in [6, 6.07) is 4.28. The van der Waals surface area contributed by atoms with Gasteiger partial charge in [-0.15, -0.1) is 0 Å². The molecule has 1 aromatic carbocycles. The zero-order valence-electron chi connectivity index (χ0n) is 11.5. The molecule has 0 spiro atoms. The lowest BCUT2D eigenvalue weighted by molar-refractivity contribution is 0.0692. The molecule has 0 aliphatic carbocycles.